The molecule has 0 radical (unpaired) electrons. The zero-order chi connectivity index (χ0) is 18.8. The average molecular weight is 369 g/mol. The van der Waals surface area contributed by atoms with Crippen LogP contribution in [0.5, 0.6) is 0 Å². The number of aliphatic hydroxyl groups is 1. The highest BCUT2D eigenvalue weighted by atomic mass is 19.1. The smallest absolute Gasteiger partial charge is 0.254 e. The molecule has 5 nitrogen and oxygen atoms in total. The number of aromatic nitrogens is 1. The van der Waals surface area contributed by atoms with Crippen LogP contribution in [0.3, 0.4) is 0 Å². The molecule has 1 amide bonds. The fourth-order valence-corrected chi connectivity index (χ4v) is 4.16. The van der Waals surface area contributed by atoms with Gasteiger partial charge in [-0.05, 0) is 49.7 Å². The van der Waals surface area contributed by atoms with Crippen LogP contribution in [-0.2, 0) is 0 Å². The Bertz CT molecular complexity index is 823. The fraction of sp³-hybridized carbons (Fsp3) is 0.429. The minimum atomic E-state index is -0.520. The summed E-state index contributed by atoms with van der Waals surface area (Å²) in [7, 11) is 0. The molecule has 4 rings (SSSR count). The Morgan fingerprint density at radius 2 is 1.96 bits per heavy atom. The van der Waals surface area contributed by atoms with E-state index in [4.69, 9.17) is 0 Å². The Morgan fingerprint density at radius 3 is 2.74 bits per heavy atom. The van der Waals surface area contributed by atoms with Crippen LogP contribution < -0.4 is 0 Å². The van der Waals surface area contributed by atoms with Gasteiger partial charge in [-0.2, -0.15) is 0 Å². The number of hydrogen-bond acceptors (Lipinski definition) is 4. The lowest BCUT2D eigenvalue weighted by Crippen LogP contribution is -2.46. The molecule has 2 saturated heterocycles. The number of halogens is 1. The molecular weight excluding hydrogens is 345 g/mol. The van der Waals surface area contributed by atoms with Gasteiger partial charge in [0.1, 0.15) is 5.82 Å². The van der Waals surface area contributed by atoms with E-state index in [1.54, 1.807) is 35.2 Å². The van der Waals surface area contributed by atoms with Crippen molar-refractivity contribution >= 4 is 5.91 Å². The number of likely N-dealkylation sites (tertiary alicyclic amines) is 2. The maximum absolute atomic E-state index is 14.0. The summed E-state index contributed by atoms with van der Waals surface area (Å²) in [4.78, 5) is 20.8. The molecule has 0 unspecified atom stereocenters. The Kier molecular flexibility index (Phi) is 5.18. The normalized spacial score (nSPS) is 23.6. The van der Waals surface area contributed by atoms with Crippen molar-refractivity contribution in [3.63, 3.8) is 0 Å². The predicted octanol–water partition coefficient (Wildman–Crippen LogP) is 2.56. The van der Waals surface area contributed by atoms with Crippen LogP contribution >= 0.6 is 0 Å². The van der Waals surface area contributed by atoms with E-state index >= 15 is 0 Å². The van der Waals surface area contributed by atoms with E-state index in [9.17, 15) is 14.3 Å². The fourth-order valence-electron chi connectivity index (χ4n) is 4.16. The third kappa shape index (κ3) is 3.73. The molecule has 2 aliphatic rings. The van der Waals surface area contributed by atoms with Gasteiger partial charge < -0.3 is 10.0 Å². The van der Waals surface area contributed by atoms with E-state index < -0.39 is 11.9 Å². The molecule has 2 aromatic rings. The van der Waals surface area contributed by atoms with Gasteiger partial charge in [0.05, 0.1) is 18.3 Å². The number of pyridine rings is 1. The van der Waals surface area contributed by atoms with E-state index in [-0.39, 0.29) is 11.9 Å². The molecule has 2 fully saturated rings. The molecule has 6 heteroatoms. The molecule has 27 heavy (non-hydrogen) atoms. The van der Waals surface area contributed by atoms with E-state index in [0.717, 1.165) is 25.9 Å². The average Bonchev–Trinajstić information content (AvgIpc) is 3.10. The highest BCUT2D eigenvalue weighted by Gasteiger charge is 2.38. The van der Waals surface area contributed by atoms with Crippen LogP contribution in [0.25, 0.3) is 11.1 Å². The van der Waals surface area contributed by atoms with E-state index in [1.165, 1.54) is 18.8 Å². The van der Waals surface area contributed by atoms with Gasteiger partial charge in [0.2, 0.25) is 0 Å². The number of carbonyl (C=O) groups excluding carboxylic acids is 1. The van der Waals surface area contributed by atoms with Gasteiger partial charge in [0, 0.05) is 30.4 Å². The number of carbonyl (C=O) groups is 1. The molecule has 2 atom stereocenters. The lowest BCUT2D eigenvalue weighted by Gasteiger charge is -2.33. The number of hydrogen-bond donors (Lipinski definition) is 1. The van der Waals surface area contributed by atoms with Gasteiger partial charge in [0.25, 0.3) is 5.91 Å². The van der Waals surface area contributed by atoms with Crippen molar-refractivity contribution in [2.75, 3.05) is 26.2 Å². The van der Waals surface area contributed by atoms with Crippen LogP contribution in [0, 0.1) is 5.82 Å². The Hall–Kier alpha value is -2.31. The second kappa shape index (κ2) is 7.74. The van der Waals surface area contributed by atoms with Crippen LogP contribution in [0.1, 0.15) is 29.6 Å². The quantitative estimate of drug-likeness (QED) is 0.904. The second-order valence-corrected chi connectivity index (χ2v) is 7.38. The third-order valence-electron chi connectivity index (χ3n) is 5.60. The number of rotatable bonds is 3. The zero-order valence-electron chi connectivity index (χ0n) is 15.2. The summed E-state index contributed by atoms with van der Waals surface area (Å²) in [6.07, 6.45) is 5.72. The van der Waals surface area contributed by atoms with Crippen LogP contribution in [0.4, 0.5) is 4.39 Å². The molecule has 0 bridgehead atoms. The topological polar surface area (TPSA) is 56.7 Å². The Balaban J connectivity index is 1.52. The largest absolute Gasteiger partial charge is 0.390 e. The number of piperidine rings is 1. The second-order valence-electron chi connectivity index (χ2n) is 7.38. The van der Waals surface area contributed by atoms with Gasteiger partial charge in [0.15, 0.2) is 0 Å². The Morgan fingerprint density at radius 1 is 1.15 bits per heavy atom. The molecule has 1 N–H and O–H groups in total. The molecule has 2 aliphatic heterocycles. The molecule has 1 aromatic heterocycles. The molecule has 1 aromatic carbocycles. The summed E-state index contributed by atoms with van der Waals surface area (Å²) in [6, 6.07) is 8.61. The maximum Gasteiger partial charge on any atom is 0.254 e. The lowest BCUT2D eigenvalue weighted by molar-refractivity contribution is 0.0702. The summed E-state index contributed by atoms with van der Waals surface area (Å²) < 4.78 is 14.0. The number of benzene rings is 1. The first-order valence-corrected chi connectivity index (χ1v) is 9.55. The number of nitrogens with zero attached hydrogens (tertiary/aromatic N) is 3. The molecule has 3 heterocycles. The van der Waals surface area contributed by atoms with Crippen molar-refractivity contribution in [1.82, 2.24) is 14.8 Å². The summed E-state index contributed by atoms with van der Waals surface area (Å²) in [5, 5.41) is 10.5. The van der Waals surface area contributed by atoms with Gasteiger partial charge in [-0.25, -0.2) is 4.39 Å². The van der Waals surface area contributed by atoms with Crippen LogP contribution in [0.15, 0.2) is 42.7 Å². The number of amides is 1. The van der Waals surface area contributed by atoms with Crippen LogP contribution in [0.2, 0.25) is 0 Å². The first kappa shape index (κ1) is 18.1. The van der Waals surface area contributed by atoms with Crippen molar-refractivity contribution in [2.45, 2.75) is 31.4 Å². The van der Waals surface area contributed by atoms with Gasteiger partial charge in [-0.15, -0.1) is 0 Å². The maximum atomic E-state index is 14.0. The van der Waals surface area contributed by atoms with Gasteiger partial charge in [-0.3, -0.25) is 14.7 Å². The third-order valence-corrected chi connectivity index (χ3v) is 5.60. The molecule has 142 valence electrons. The molecule has 0 saturated carbocycles. The van der Waals surface area contributed by atoms with Gasteiger partial charge in [-0.1, -0.05) is 18.6 Å². The molecule has 0 spiro atoms. The summed E-state index contributed by atoms with van der Waals surface area (Å²) in [5.74, 6) is -0.534. The molecular formula is C21H24FN3O2. The number of β-amino-alcohol motifs (C(OH)–C–C–N with tert-alkyl or cyclic N) is 1. The van der Waals surface area contributed by atoms with E-state index in [2.05, 4.69) is 9.88 Å². The Labute approximate surface area is 158 Å². The van der Waals surface area contributed by atoms with Crippen molar-refractivity contribution in [1.29, 1.82) is 0 Å². The summed E-state index contributed by atoms with van der Waals surface area (Å²) in [6.45, 7) is 2.85. The SMILES string of the molecule is O=C(c1cccc(-c2ccncc2F)c1)N1C[C@H](O)[C@@H](N2CCCCC2)C1. The predicted molar refractivity (Wildman–Crippen MR) is 101 cm³/mol. The standard InChI is InChI=1S/C21H24FN3O2/c22-18-12-23-8-7-17(18)15-5-4-6-16(11-15)21(27)25-13-19(20(26)14-25)24-9-2-1-3-10-24/h4-8,11-12,19-20,26H,1-3,9-10,13-14H2/t19-,20-/m0/s1. The minimum Gasteiger partial charge on any atom is -0.390 e. The highest BCUT2D eigenvalue weighted by Crippen LogP contribution is 2.25. The number of aliphatic hydroxyl groups excluding tert-OH is 1. The van der Waals surface area contributed by atoms with Crippen LogP contribution in [-0.4, -0.2) is 64.1 Å². The minimum absolute atomic E-state index is 0.00933. The van der Waals surface area contributed by atoms with Crippen molar-refractivity contribution in [3.8, 4) is 11.1 Å². The zero-order valence-corrected chi connectivity index (χ0v) is 15.2. The van der Waals surface area contributed by atoms with Crippen molar-refractivity contribution in [3.05, 3.63) is 54.1 Å². The first-order chi connectivity index (χ1) is 13.1. The summed E-state index contributed by atoms with van der Waals surface area (Å²) >= 11 is 0. The molecule has 0 aliphatic carbocycles. The first-order valence-electron chi connectivity index (χ1n) is 9.55. The van der Waals surface area contributed by atoms with E-state index in [0.29, 0.717) is 29.8 Å². The summed E-state index contributed by atoms with van der Waals surface area (Å²) in [5.41, 5.74) is 1.58. The monoisotopic (exact) mass is 369 g/mol. The lowest BCUT2D eigenvalue weighted by atomic mass is 10.0. The van der Waals surface area contributed by atoms with Crippen molar-refractivity contribution in [2.24, 2.45) is 0 Å². The van der Waals surface area contributed by atoms with Gasteiger partial charge >= 0.3 is 0 Å². The highest BCUT2D eigenvalue weighted by molar-refractivity contribution is 5.95. The van der Waals surface area contributed by atoms with E-state index in [1.807, 2.05) is 0 Å². The van der Waals surface area contributed by atoms with Crippen molar-refractivity contribution < 1.29 is 14.3 Å².